The van der Waals surface area contributed by atoms with Gasteiger partial charge in [0.2, 0.25) is 0 Å². The van der Waals surface area contributed by atoms with E-state index in [1.165, 1.54) is 6.33 Å². The van der Waals surface area contributed by atoms with E-state index in [2.05, 4.69) is 9.97 Å². The van der Waals surface area contributed by atoms with Crippen LogP contribution < -0.4 is 9.47 Å². The zero-order valence-corrected chi connectivity index (χ0v) is 9.56. The lowest BCUT2D eigenvalue weighted by atomic mass is 10.1. The van der Waals surface area contributed by atoms with Crippen LogP contribution in [0.3, 0.4) is 0 Å². The number of H-pyrrole nitrogens is 1. The maximum atomic E-state index is 10.9. The molecule has 0 saturated heterocycles. The molecule has 5 nitrogen and oxygen atoms in total. The van der Waals surface area contributed by atoms with Crippen molar-refractivity contribution in [3.05, 3.63) is 30.2 Å². The van der Waals surface area contributed by atoms with Crippen LogP contribution in [0.2, 0.25) is 0 Å². The Morgan fingerprint density at radius 3 is 2.76 bits per heavy atom. The minimum Gasteiger partial charge on any atom is -0.497 e. The number of nitrogens with one attached hydrogen (secondary N) is 1. The first kappa shape index (κ1) is 11.2. The van der Waals surface area contributed by atoms with Crippen molar-refractivity contribution < 1.29 is 14.3 Å². The van der Waals surface area contributed by atoms with Crippen LogP contribution in [0.4, 0.5) is 0 Å². The Balaban J connectivity index is 2.59. The van der Waals surface area contributed by atoms with Gasteiger partial charge in [-0.2, -0.15) is 0 Å². The van der Waals surface area contributed by atoms with Crippen LogP contribution in [0, 0.1) is 0 Å². The molecule has 2 aromatic rings. The van der Waals surface area contributed by atoms with E-state index in [-0.39, 0.29) is 0 Å². The molecule has 1 aromatic carbocycles. The number of aldehydes is 1. The summed E-state index contributed by atoms with van der Waals surface area (Å²) in [4.78, 5) is 17.8. The molecule has 0 saturated carbocycles. The van der Waals surface area contributed by atoms with Gasteiger partial charge in [-0.05, 0) is 18.2 Å². The van der Waals surface area contributed by atoms with Gasteiger partial charge in [0.1, 0.15) is 22.9 Å². The third kappa shape index (κ3) is 1.99. The van der Waals surface area contributed by atoms with Gasteiger partial charge in [-0.25, -0.2) is 4.98 Å². The SMILES string of the molecule is COc1ccc(OC)c(-c2nc[nH]c2C=O)c1. The summed E-state index contributed by atoms with van der Waals surface area (Å²) in [7, 11) is 3.15. The molecule has 0 aliphatic carbocycles. The van der Waals surface area contributed by atoms with Gasteiger partial charge in [0, 0.05) is 5.56 Å². The van der Waals surface area contributed by atoms with Crippen molar-refractivity contribution >= 4 is 6.29 Å². The molecule has 0 aliphatic rings. The smallest absolute Gasteiger partial charge is 0.168 e. The van der Waals surface area contributed by atoms with E-state index in [0.717, 1.165) is 11.8 Å². The highest BCUT2D eigenvalue weighted by atomic mass is 16.5. The molecule has 0 amide bonds. The van der Waals surface area contributed by atoms with Gasteiger partial charge in [0.15, 0.2) is 6.29 Å². The highest BCUT2D eigenvalue weighted by Crippen LogP contribution is 2.33. The first-order valence-corrected chi connectivity index (χ1v) is 5.01. The van der Waals surface area contributed by atoms with Crippen molar-refractivity contribution in [2.24, 2.45) is 0 Å². The van der Waals surface area contributed by atoms with Gasteiger partial charge < -0.3 is 14.5 Å². The molecular formula is C12H12N2O3. The second-order valence-electron chi connectivity index (χ2n) is 3.35. The largest absolute Gasteiger partial charge is 0.497 e. The van der Waals surface area contributed by atoms with Crippen molar-refractivity contribution in [3.8, 4) is 22.8 Å². The zero-order chi connectivity index (χ0) is 12.3. The minimum absolute atomic E-state index is 0.413. The Morgan fingerprint density at radius 2 is 2.12 bits per heavy atom. The molecule has 0 atom stereocenters. The van der Waals surface area contributed by atoms with Crippen molar-refractivity contribution in [2.75, 3.05) is 14.2 Å². The number of aromatic amines is 1. The Morgan fingerprint density at radius 1 is 1.29 bits per heavy atom. The van der Waals surface area contributed by atoms with E-state index in [1.807, 2.05) is 0 Å². The number of aromatic nitrogens is 2. The summed E-state index contributed by atoms with van der Waals surface area (Å²) in [6.07, 6.45) is 2.19. The normalized spacial score (nSPS) is 10.0. The summed E-state index contributed by atoms with van der Waals surface area (Å²) < 4.78 is 10.4. The lowest BCUT2D eigenvalue weighted by Crippen LogP contribution is -1.93. The Hall–Kier alpha value is -2.30. The number of hydrogen-bond donors (Lipinski definition) is 1. The highest BCUT2D eigenvalue weighted by molar-refractivity contribution is 5.85. The molecule has 17 heavy (non-hydrogen) atoms. The van der Waals surface area contributed by atoms with Crippen LogP contribution in [0.1, 0.15) is 10.5 Å². The van der Waals surface area contributed by atoms with Crippen LogP contribution in [0.5, 0.6) is 11.5 Å². The van der Waals surface area contributed by atoms with E-state index in [4.69, 9.17) is 9.47 Å². The summed E-state index contributed by atoms with van der Waals surface area (Å²) in [5.74, 6) is 1.32. The van der Waals surface area contributed by atoms with E-state index >= 15 is 0 Å². The Bertz CT molecular complexity index is 534. The van der Waals surface area contributed by atoms with Crippen LogP contribution in [0.25, 0.3) is 11.3 Å². The number of benzene rings is 1. The quantitative estimate of drug-likeness (QED) is 0.818. The van der Waals surface area contributed by atoms with E-state index < -0.39 is 0 Å². The predicted molar refractivity (Wildman–Crippen MR) is 62.5 cm³/mol. The fourth-order valence-corrected chi connectivity index (χ4v) is 1.61. The summed E-state index contributed by atoms with van der Waals surface area (Å²) in [6, 6.07) is 5.34. The fourth-order valence-electron chi connectivity index (χ4n) is 1.61. The highest BCUT2D eigenvalue weighted by Gasteiger charge is 2.13. The molecule has 0 spiro atoms. The number of ether oxygens (including phenoxy) is 2. The summed E-state index contributed by atoms with van der Waals surface area (Å²) >= 11 is 0. The molecule has 0 unspecified atom stereocenters. The number of methoxy groups -OCH3 is 2. The number of imidazole rings is 1. The maximum Gasteiger partial charge on any atom is 0.168 e. The lowest BCUT2D eigenvalue weighted by molar-refractivity contribution is 0.112. The molecular weight excluding hydrogens is 220 g/mol. The summed E-state index contributed by atoms with van der Waals surface area (Å²) in [6.45, 7) is 0. The minimum atomic E-state index is 0.413. The molecule has 0 fully saturated rings. The Labute approximate surface area is 98.4 Å². The van der Waals surface area contributed by atoms with Crippen molar-refractivity contribution in [3.63, 3.8) is 0 Å². The van der Waals surface area contributed by atoms with Gasteiger partial charge in [-0.3, -0.25) is 4.79 Å². The zero-order valence-electron chi connectivity index (χ0n) is 9.56. The van der Waals surface area contributed by atoms with Gasteiger partial charge >= 0.3 is 0 Å². The lowest BCUT2D eigenvalue weighted by Gasteiger charge is -2.08. The third-order valence-electron chi connectivity index (χ3n) is 2.45. The molecule has 0 aliphatic heterocycles. The predicted octanol–water partition coefficient (Wildman–Crippen LogP) is 1.91. The molecule has 5 heteroatoms. The summed E-state index contributed by atoms with van der Waals surface area (Å²) in [5, 5.41) is 0. The van der Waals surface area contributed by atoms with E-state index in [1.54, 1.807) is 32.4 Å². The number of carbonyl (C=O) groups is 1. The van der Waals surface area contributed by atoms with Gasteiger partial charge in [-0.1, -0.05) is 0 Å². The van der Waals surface area contributed by atoms with Crippen LogP contribution in [-0.2, 0) is 0 Å². The number of nitrogens with zero attached hydrogens (tertiary/aromatic N) is 1. The van der Waals surface area contributed by atoms with Crippen molar-refractivity contribution in [1.29, 1.82) is 0 Å². The van der Waals surface area contributed by atoms with Crippen LogP contribution in [-0.4, -0.2) is 30.5 Å². The number of hydrogen-bond acceptors (Lipinski definition) is 4. The topological polar surface area (TPSA) is 64.2 Å². The Kier molecular flexibility index (Phi) is 3.09. The maximum absolute atomic E-state index is 10.9. The molecule has 0 radical (unpaired) electrons. The second-order valence-corrected chi connectivity index (χ2v) is 3.35. The first-order valence-electron chi connectivity index (χ1n) is 5.01. The molecule has 88 valence electrons. The average Bonchev–Trinajstić information content (AvgIpc) is 2.86. The third-order valence-corrected chi connectivity index (χ3v) is 2.45. The van der Waals surface area contributed by atoms with Crippen LogP contribution in [0.15, 0.2) is 24.5 Å². The van der Waals surface area contributed by atoms with Crippen LogP contribution >= 0.6 is 0 Å². The van der Waals surface area contributed by atoms with Crippen molar-refractivity contribution in [2.45, 2.75) is 0 Å². The molecule has 1 heterocycles. The second kappa shape index (κ2) is 4.69. The molecule has 2 rings (SSSR count). The first-order chi connectivity index (χ1) is 8.30. The average molecular weight is 232 g/mol. The monoisotopic (exact) mass is 232 g/mol. The van der Waals surface area contributed by atoms with Gasteiger partial charge in [-0.15, -0.1) is 0 Å². The van der Waals surface area contributed by atoms with Gasteiger partial charge in [0.05, 0.1) is 20.5 Å². The molecule has 0 bridgehead atoms. The molecule has 1 N–H and O–H groups in total. The molecule has 1 aromatic heterocycles. The fraction of sp³-hybridized carbons (Fsp3) is 0.167. The standard InChI is InChI=1S/C12H12N2O3/c1-16-8-3-4-11(17-2)9(5-8)12-10(6-15)13-7-14-12/h3-7H,1-2H3,(H,13,14). The van der Waals surface area contributed by atoms with Gasteiger partial charge in [0.25, 0.3) is 0 Å². The summed E-state index contributed by atoms with van der Waals surface area (Å²) in [5.41, 5.74) is 1.68. The van der Waals surface area contributed by atoms with E-state index in [9.17, 15) is 4.79 Å². The number of rotatable bonds is 4. The van der Waals surface area contributed by atoms with Crippen molar-refractivity contribution in [1.82, 2.24) is 9.97 Å². The van der Waals surface area contributed by atoms with E-state index in [0.29, 0.717) is 22.9 Å². The number of carbonyl (C=O) groups excluding carboxylic acids is 1.